The summed E-state index contributed by atoms with van der Waals surface area (Å²) in [7, 11) is 1.66. The molecule has 0 radical (unpaired) electrons. The van der Waals surface area contributed by atoms with E-state index in [9.17, 15) is 0 Å². The van der Waals surface area contributed by atoms with Crippen molar-refractivity contribution in [3.05, 3.63) is 23.8 Å². The number of nitrogens with two attached hydrogens (primary N) is 1. The summed E-state index contributed by atoms with van der Waals surface area (Å²) >= 11 is 0. The van der Waals surface area contributed by atoms with Crippen molar-refractivity contribution in [1.82, 2.24) is 0 Å². The van der Waals surface area contributed by atoms with Gasteiger partial charge in [-0.1, -0.05) is 12.1 Å². The molecule has 2 unspecified atom stereocenters. The first kappa shape index (κ1) is 14.2. The summed E-state index contributed by atoms with van der Waals surface area (Å²) in [6.07, 6.45) is 2.95. The molecule has 106 valence electrons. The van der Waals surface area contributed by atoms with Crippen molar-refractivity contribution in [1.29, 1.82) is 0 Å². The highest BCUT2D eigenvalue weighted by Gasteiger charge is 2.20. The fourth-order valence-electron chi connectivity index (χ4n) is 2.33. The summed E-state index contributed by atoms with van der Waals surface area (Å²) < 4.78 is 17.0. The first-order valence-corrected chi connectivity index (χ1v) is 6.86. The average Bonchev–Trinajstić information content (AvgIpc) is 2.41. The van der Waals surface area contributed by atoms with Gasteiger partial charge in [-0.3, -0.25) is 0 Å². The second kappa shape index (κ2) is 6.78. The zero-order valence-corrected chi connectivity index (χ0v) is 11.7. The van der Waals surface area contributed by atoms with Crippen LogP contribution in [0.5, 0.6) is 11.5 Å². The molecule has 4 nitrogen and oxygen atoms in total. The Bertz CT molecular complexity index is 400. The molecule has 2 rings (SSSR count). The van der Waals surface area contributed by atoms with E-state index in [1.54, 1.807) is 7.11 Å². The molecule has 2 atom stereocenters. The molecule has 0 spiro atoms. The molecule has 2 N–H and O–H groups in total. The normalized spacial score (nSPS) is 20.9. The van der Waals surface area contributed by atoms with Crippen molar-refractivity contribution in [2.24, 2.45) is 5.73 Å². The Morgan fingerprint density at radius 2 is 2.32 bits per heavy atom. The number of para-hydroxylation sites is 1. The number of methoxy groups -OCH3 is 1. The largest absolute Gasteiger partial charge is 0.493 e. The summed E-state index contributed by atoms with van der Waals surface area (Å²) in [5, 5.41) is 0. The molecule has 0 aliphatic carbocycles. The predicted octanol–water partition coefficient (Wildman–Crippen LogP) is 2.14. The SMILES string of the molecule is COc1cccc(CC(C)N)c1OC1CCCOC1. The highest BCUT2D eigenvalue weighted by atomic mass is 16.5. The van der Waals surface area contributed by atoms with E-state index in [1.807, 2.05) is 25.1 Å². The van der Waals surface area contributed by atoms with E-state index in [-0.39, 0.29) is 12.1 Å². The second-order valence-corrected chi connectivity index (χ2v) is 5.09. The lowest BCUT2D eigenvalue weighted by Gasteiger charge is -2.25. The summed E-state index contributed by atoms with van der Waals surface area (Å²) in [5.41, 5.74) is 6.99. The molecule has 1 saturated heterocycles. The Labute approximate surface area is 114 Å². The zero-order valence-electron chi connectivity index (χ0n) is 11.7. The van der Waals surface area contributed by atoms with Gasteiger partial charge in [0.25, 0.3) is 0 Å². The maximum Gasteiger partial charge on any atom is 0.164 e. The second-order valence-electron chi connectivity index (χ2n) is 5.09. The first-order chi connectivity index (χ1) is 9.20. The van der Waals surface area contributed by atoms with Crippen LogP contribution in [0.2, 0.25) is 0 Å². The zero-order chi connectivity index (χ0) is 13.7. The molecule has 0 aromatic heterocycles. The van der Waals surface area contributed by atoms with E-state index in [2.05, 4.69) is 0 Å². The maximum atomic E-state index is 6.10. The summed E-state index contributed by atoms with van der Waals surface area (Å²) in [6, 6.07) is 6.03. The van der Waals surface area contributed by atoms with Crippen LogP contribution in [0, 0.1) is 0 Å². The van der Waals surface area contributed by atoms with Crippen molar-refractivity contribution in [3.63, 3.8) is 0 Å². The number of rotatable bonds is 5. The molecule has 1 aliphatic heterocycles. The summed E-state index contributed by atoms with van der Waals surface area (Å²) in [6.45, 7) is 3.47. The van der Waals surface area contributed by atoms with Gasteiger partial charge in [0, 0.05) is 12.6 Å². The van der Waals surface area contributed by atoms with Gasteiger partial charge in [0.1, 0.15) is 6.10 Å². The van der Waals surface area contributed by atoms with Crippen molar-refractivity contribution in [3.8, 4) is 11.5 Å². The lowest BCUT2D eigenvalue weighted by Crippen LogP contribution is -2.29. The first-order valence-electron chi connectivity index (χ1n) is 6.86. The minimum Gasteiger partial charge on any atom is -0.493 e. The number of benzene rings is 1. The third-order valence-electron chi connectivity index (χ3n) is 3.23. The van der Waals surface area contributed by atoms with E-state index in [0.29, 0.717) is 6.61 Å². The maximum absolute atomic E-state index is 6.10. The number of hydrogen-bond donors (Lipinski definition) is 1. The van der Waals surface area contributed by atoms with E-state index in [1.165, 1.54) is 0 Å². The van der Waals surface area contributed by atoms with Gasteiger partial charge in [0.2, 0.25) is 0 Å². The third kappa shape index (κ3) is 3.85. The van der Waals surface area contributed by atoms with Crippen molar-refractivity contribution in [2.45, 2.75) is 38.3 Å². The quantitative estimate of drug-likeness (QED) is 0.886. The minimum atomic E-state index is 0.0945. The molecule has 0 bridgehead atoms. The van der Waals surface area contributed by atoms with Gasteiger partial charge in [0.15, 0.2) is 11.5 Å². The molecular weight excluding hydrogens is 242 g/mol. The van der Waals surface area contributed by atoms with Gasteiger partial charge in [-0.15, -0.1) is 0 Å². The van der Waals surface area contributed by atoms with Crippen LogP contribution in [0.3, 0.4) is 0 Å². The summed E-state index contributed by atoms with van der Waals surface area (Å²) in [5.74, 6) is 1.58. The van der Waals surface area contributed by atoms with Crippen molar-refractivity contribution in [2.75, 3.05) is 20.3 Å². The average molecular weight is 265 g/mol. The van der Waals surface area contributed by atoms with Crippen LogP contribution < -0.4 is 15.2 Å². The fourth-order valence-corrected chi connectivity index (χ4v) is 2.33. The van der Waals surface area contributed by atoms with Gasteiger partial charge >= 0.3 is 0 Å². The summed E-state index contributed by atoms with van der Waals surface area (Å²) in [4.78, 5) is 0. The van der Waals surface area contributed by atoms with Gasteiger partial charge in [0.05, 0.1) is 13.7 Å². The van der Waals surface area contributed by atoms with Gasteiger partial charge in [-0.05, 0) is 37.8 Å². The Morgan fingerprint density at radius 1 is 1.47 bits per heavy atom. The molecule has 1 fully saturated rings. The standard InChI is InChI=1S/C15H23NO3/c1-11(16)9-12-5-3-7-14(17-2)15(12)19-13-6-4-8-18-10-13/h3,5,7,11,13H,4,6,8-10,16H2,1-2H3. The number of hydrogen-bond acceptors (Lipinski definition) is 4. The van der Waals surface area contributed by atoms with E-state index >= 15 is 0 Å². The van der Waals surface area contributed by atoms with Crippen molar-refractivity contribution >= 4 is 0 Å². The molecule has 0 saturated carbocycles. The molecule has 1 heterocycles. The van der Waals surface area contributed by atoms with Gasteiger partial charge < -0.3 is 19.9 Å². The molecule has 19 heavy (non-hydrogen) atoms. The highest BCUT2D eigenvalue weighted by molar-refractivity contribution is 5.47. The van der Waals surface area contributed by atoms with E-state index in [4.69, 9.17) is 19.9 Å². The van der Waals surface area contributed by atoms with Crippen LogP contribution in [0.25, 0.3) is 0 Å². The molecule has 1 aliphatic rings. The van der Waals surface area contributed by atoms with Crippen LogP contribution in [0.1, 0.15) is 25.3 Å². The van der Waals surface area contributed by atoms with Crippen LogP contribution in [-0.4, -0.2) is 32.5 Å². The third-order valence-corrected chi connectivity index (χ3v) is 3.23. The van der Waals surface area contributed by atoms with Crippen LogP contribution in [-0.2, 0) is 11.2 Å². The number of ether oxygens (including phenoxy) is 3. The molecule has 1 aromatic carbocycles. The lowest BCUT2D eigenvalue weighted by molar-refractivity contribution is 0.00601. The van der Waals surface area contributed by atoms with Crippen LogP contribution in [0.4, 0.5) is 0 Å². The highest BCUT2D eigenvalue weighted by Crippen LogP contribution is 2.33. The Kier molecular flexibility index (Phi) is 5.05. The predicted molar refractivity (Wildman–Crippen MR) is 74.8 cm³/mol. The minimum absolute atomic E-state index is 0.0945. The van der Waals surface area contributed by atoms with Crippen LogP contribution in [0.15, 0.2) is 18.2 Å². The van der Waals surface area contributed by atoms with Gasteiger partial charge in [-0.2, -0.15) is 0 Å². The monoisotopic (exact) mass is 265 g/mol. The lowest BCUT2D eigenvalue weighted by atomic mass is 10.1. The van der Waals surface area contributed by atoms with Crippen molar-refractivity contribution < 1.29 is 14.2 Å². The van der Waals surface area contributed by atoms with E-state index < -0.39 is 0 Å². The van der Waals surface area contributed by atoms with Crippen LogP contribution >= 0.6 is 0 Å². The smallest absolute Gasteiger partial charge is 0.164 e. The van der Waals surface area contributed by atoms with Gasteiger partial charge in [-0.25, -0.2) is 0 Å². The molecule has 0 amide bonds. The fraction of sp³-hybridized carbons (Fsp3) is 0.600. The Morgan fingerprint density at radius 3 is 2.95 bits per heavy atom. The molecule has 4 heteroatoms. The van der Waals surface area contributed by atoms with E-state index in [0.717, 1.165) is 42.9 Å². The Hall–Kier alpha value is -1.26. The molecule has 1 aromatic rings. The topological polar surface area (TPSA) is 53.7 Å². The Balaban J connectivity index is 2.18. The molecular formula is C15H23NO3.